The van der Waals surface area contributed by atoms with E-state index in [-0.39, 0.29) is 13.0 Å². The predicted octanol–water partition coefficient (Wildman–Crippen LogP) is -1.45. The Labute approximate surface area is 81.0 Å². The number of likely N-dealkylation sites (N-methyl/N-ethyl adjacent to an activating group) is 1. The summed E-state index contributed by atoms with van der Waals surface area (Å²) >= 11 is 0. The number of carbonyl (C=O) groups is 3. The minimum absolute atomic E-state index is 0.170. The van der Waals surface area contributed by atoms with E-state index in [4.69, 9.17) is 4.74 Å². The number of hydrogen-bond acceptors (Lipinski definition) is 5. The van der Waals surface area contributed by atoms with Crippen molar-refractivity contribution >= 4 is 17.8 Å². The molecule has 0 radical (unpaired) electrons. The minimum Gasteiger partial charge on any atom is -0.464 e. The normalized spacial score (nSPS) is 26.1. The molecule has 1 atom stereocenters. The Kier molecular flexibility index (Phi) is 2.85. The molecule has 0 aliphatic carbocycles. The molecule has 78 valence electrons. The van der Waals surface area contributed by atoms with Crippen LogP contribution >= 0.6 is 0 Å². The molecule has 0 unspecified atom stereocenters. The molecular formula is C8H12N2O4. The van der Waals surface area contributed by atoms with E-state index in [0.29, 0.717) is 0 Å². The molecule has 1 aliphatic rings. The second-order valence-electron chi connectivity index (χ2n) is 2.93. The lowest BCUT2D eigenvalue weighted by molar-refractivity contribution is -0.154. The highest BCUT2D eigenvalue weighted by atomic mass is 16.5. The van der Waals surface area contributed by atoms with E-state index >= 15 is 0 Å². The lowest BCUT2D eigenvalue weighted by atomic mass is 9.98. The molecule has 0 bridgehead atoms. The summed E-state index contributed by atoms with van der Waals surface area (Å²) in [7, 11) is 1.44. The summed E-state index contributed by atoms with van der Waals surface area (Å²) in [4.78, 5) is 33.8. The van der Waals surface area contributed by atoms with Crippen LogP contribution in [0.2, 0.25) is 0 Å². The van der Waals surface area contributed by atoms with E-state index < -0.39 is 23.3 Å². The maximum Gasteiger partial charge on any atom is 0.336 e. The Bertz CT molecular complexity index is 289. The van der Waals surface area contributed by atoms with Gasteiger partial charge in [-0.2, -0.15) is 0 Å². The van der Waals surface area contributed by atoms with Crippen molar-refractivity contribution in [3.8, 4) is 0 Å². The SMILES string of the molecule is CCOC(=O)[C@]1(NC)CC(=O)NC1=O. The van der Waals surface area contributed by atoms with Crippen LogP contribution in [0.3, 0.4) is 0 Å². The van der Waals surface area contributed by atoms with Gasteiger partial charge in [0.15, 0.2) is 0 Å². The number of imide groups is 1. The lowest BCUT2D eigenvalue weighted by Crippen LogP contribution is -2.56. The summed E-state index contributed by atoms with van der Waals surface area (Å²) in [6.07, 6.45) is -0.207. The van der Waals surface area contributed by atoms with Crippen LogP contribution in [-0.4, -0.2) is 37.0 Å². The van der Waals surface area contributed by atoms with Gasteiger partial charge in [0.2, 0.25) is 11.4 Å². The Balaban J connectivity index is 2.91. The molecule has 1 fully saturated rings. The van der Waals surface area contributed by atoms with Crippen molar-refractivity contribution in [3.63, 3.8) is 0 Å². The minimum atomic E-state index is -1.53. The van der Waals surface area contributed by atoms with Gasteiger partial charge in [-0.3, -0.25) is 20.2 Å². The summed E-state index contributed by atoms with van der Waals surface area (Å²) in [5, 5.41) is 4.59. The summed E-state index contributed by atoms with van der Waals surface area (Å²) in [5.41, 5.74) is -1.53. The zero-order valence-electron chi connectivity index (χ0n) is 8.05. The van der Waals surface area contributed by atoms with Crippen molar-refractivity contribution in [2.75, 3.05) is 13.7 Å². The van der Waals surface area contributed by atoms with E-state index in [9.17, 15) is 14.4 Å². The smallest absolute Gasteiger partial charge is 0.336 e. The first-order valence-electron chi connectivity index (χ1n) is 4.27. The Morgan fingerprint density at radius 1 is 1.64 bits per heavy atom. The summed E-state index contributed by atoms with van der Waals surface area (Å²) in [6, 6.07) is 0. The van der Waals surface area contributed by atoms with E-state index in [0.717, 1.165) is 0 Å². The molecule has 2 N–H and O–H groups in total. The van der Waals surface area contributed by atoms with Crippen molar-refractivity contribution < 1.29 is 19.1 Å². The summed E-state index contributed by atoms with van der Waals surface area (Å²) in [6.45, 7) is 1.81. The summed E-state index contributed by atoms with van der Waals surface area (Å²) < 4.78 is 4.72. The van der Waals surface area contributed by atoms with Crippen LogP contribution in [0.15, 0.2) is 0 Å². The zero-order valence-corrected chi connectivity index (χ0v) is 8.05. The van der Waals surface area contributed by atoms with Crippen molar-refractivity contribution in [1.29, 1.82) is 0 Å². The first-order valence-corrected chi connectivity index (χ1v) is 4.27. The van der Waals surface area contributed by atoms with Crippen molar-refractivity contribution in [2.45, 2.75) is 18.9 Å². The number of esters is 1. The Morgan fingerprint density at radius 2 is 2.29 bits per heavy atom. The van der Waals surface area contributed by atoms with Crippen LogP contribution < -0.4 is 10.6 Å². The highest BCUT2D eigenvalue weighted by Crippen LogP contribution is 2.18. The molecule has 14 heavy (non-hydrogen) atoms. The van der Waals surface area contributed by atoms with Gasteiger partial charge in [-0.25, -0.2) is 4.79 Å². The maximum absolute atomic E-state index is 11.5. The third-order valence-corrected chi connectivity index (χ3v) is 2.12. The number of hydrogen-bond donors (Lipinski definition) is 2. The van der Waals surface area contributed by atoms with Gasteiger partial charge in [0.1, 0.15) is 0 Å². The highest BCUT2D eigenvalue weighted by Gasteiger charge is 2.53. The molecule has 6 heteroatoms. The molecular weight excluding hydrogens is 188 g/mol. The first kappa shape index (κ1) is 10.6. The topological polar surface area (TPSA) is 84.5 Å². The van der Waals surface area contributed by atoms with E-state index in [1.807, 2.05) is 0 Å². The third kappa shape index (κ3) is 1.48. The van der Waals surface area contributed by atoms with Gasteiger partial charge in [0, 0.05) is 0 Å². The molecule has 0 spiro atoms. The van der Waals surface area contributed by atoms with Gasteiger partial charge in [0.05, 0.1) is 13.0 Å². The van der Waals surface area contributed by atoms with Crippen molar-refractivity contribution in [1.82, 2.24) is 10.6 Å². The second-order valence-corrected chi connectivity index (χ2v) is 2.93. The van der Waals surface area contributed by atoms with E-state index in [1.54, 1.807) is 6.92 Å². The van der Waals surface area contributed by atoms with Crippen LogP contribution in [0.1, 0.15) is 13.3 Å². The van der Waals surface area contributed by atoms with Gasteiger partial charge in [-0.05, 0) is 14.0 Å². The number of rotatable bonds is 3. The van der Waals surface area contributed by atoms with E-state index in [1.165, 1.54) is 7.05 Å². The van der Waals surface area contributed by atoms with Crippen molar-refractivity contribution in [2.24, 2.45) is 0 Å². The number of carbonyl (C=O) groups excluding carboxylic acids is 3. The monoisotopic (exact) mass is 200 g/mol. The molecule has 2 amide bonds. The van der Waals surface area contributed by atoms with Crippen LogP contribution in [-0.2, 0) is 19.1 Å². The third-order valence-electron chi connectivity index (χ3n) is 2.12. The highest BCUT2D eigenvalue weighted by molar-refractivity contribution is 6.19. The molecule has 0 aromatic rings. The molecule has 0 aromatic carbocycles. The number of nitrogens with one attached hydrogen (secondary N) is 2. The maximum atomic E-state index is 11.5. The van der Waals surface area contributed by atoms with Crippen LogP contribution in [0.5, 0.6) is 0 Å². The Morgan fingerprint density at radius 3 is 2.64 bits per heavy atom. The molecule has 1 heterocycles. The van der Waals surface area contributed by atoms with Gasteiger partial charge >= 0.3 is 5.97 Å². The second kappa shape index (κ2) is 3.75. The lowest BCUT2D eigenvalue weighted by Gasteiger charge is -2.21. The zero-order chi connectivity index (χ0) is 10.8. The fourth-order valence-corrected chi connectivity index (χ4v) is 1.32. The molecule has 1 saturated heterocycles. The average molecular weight is 200 g/mol. The fourth-order valence-electron chi connectivity index (χ4n) is 1.32. The fraction of sp³-hybridized carbons (Fsp3) is 0.625. The molecule has 1 rings (SSSR count). The molecule has 0 aromatic heterocycles. The standard InChI is InChI=1S/C8H12N2O4/c1-3-14-7(13)8(9-2)4-5(11)10-6(8)12/h9H,3-4H2,1-2H3,(H,10,11,12)/t8-/m0/s1. The molecule has 1 aliphatic heterocycles. The van der Waals surface area contributed by atoms with Crippen molar-refractivity contribution in [3.05, 3.63) is 0 Å². The predicted molar refractivity (Wildman–Crippen MR) is 46.2 cm³/mol. The average Bonchev–Trinajstić information content (AvgIpc) is 2.42. The van der Waals surface area contributed by atoms with Gasteiger partial charge < -0.3 is 4.74 Å². The van der Waals surface area contributed by atoms with Gasteiger partial charge in [-0.15, -0.1) is 0 Å². The largest absolute Gasteiger partial charge is 0.464 e. The quantitative estimate of drug-likeness (QED) is 0.331. The van der Waals surface area contributed by atoms with Gasteiger partial charge in [-0.1, -0.05) is 0 Å². The van der Waals surface area contributed by atoms with E-state index in [2.05, 4.69) is 10.6 Å². The molecule has 6 nitrogen and oxygen atoms in total. The first-order chi connectivity index (χ1) is 6.56. The van der Waals surface area contributed by atoms with Crippen LogP contribution in [0.25, 0.3) is 0 Å². The number of amides is 2. The van der Waals surface area contributed by atoms with Gasteiger partial charge in [0.25, 0.3) is 5.91 Å². The summed E-state index contributed by atoms with van der Waals surface area (Å²) in [5.74, 6) is -1.84. The molecule has 0 saturated carbocycles. The van der Waals surface area contributed by atoms with Crippen LogP contribution in [0, 0.1) is 0 Å². The van der Waals surface area contributed by atoms with Crippen LogP contribution in [0.4, 0.5) is 0 Å². The Hall–Kier alpha value is -1.43. The number of ether oxygens (including phenoxy) is 1.